The standard InChI is InChI=1S/C17H24N4O/c1-17(2,3)16-18-15(19-22-16)13-20-9-11-21(12-10-20)14-7-5-4-6-8-14/h4-8H,9-13H2,1-3H3. The first-order chi connectivity index (χ1) is 10.5. The molecule has 1 fully saturated rings. The Hall–Kier alpha value is -1.88. The Balaban J connectivity index is 1.55. The van der Waals surface area contributed by atoms with Crippen molar-refractivity contribution >= 4 is 5.69 Å². The summed E-state index contributed by atoms with van der Waals surface area (Å²) < 4.78 is 5.36. The van der Waals surface area contributed by atoms with E-state index in [1.807, 2.05) is 0 Å². The van der Waals surface area contributed by atoms with Gasteiger partial charge >= 0.3 is 0 Å². The van der Waals surface area contributed by atoms with Crippen molar-refractivity contribution in [2.24, 2.45) is 0 Å². The predicted octanol–water partition coefficient (Wildman–Crippen LogP) is 2.69. The Morgan fingerprint density at radius 1 is 1.05 bits per heavy atom. The third kappa shape index (κ3) is 3.47. The van der Waals surface area contributed by atoms with Crippen molar-refractivity contribution in [1.82, 2.24) is 15.0 Å². The van der Waals surface area contributed by atoms with E-state index in [0.717, 1.165) is 38.5 Å². The molecule has 1 aromatic heterocycles. The molecule has 1 aromatic carbocycles. The van der Waals surface area contributed by atoms with Gasteiger partial charge in [-0.1, -0.05) is 44.1 Å². The van der Waals surface area contributed by atoms with Crippen molar-refractivity contribution in [3.05, 3.63) is 42.0 Å². The van der Waals surface area contributed by atoms with E-state index in [1.54, 1.807) is 0 Å². The molecule has 22 heavy (non-hydrogen) atoms. The van der Waals surface area contributed by atoms with Gasteiger partial charge in [0.25, 0.3) is 0 Å². The van der Waals surface area contributed by atoms with Crippen LogP contribution in [-0.2, 0) is 12.0 Å². The number of aromatic nitrogens is 2. The number of piperazine rings is 1. The van der Waals surface area contributed by atoms with Crippen LogP contribution in [0.1, 0.15) is 32.5 Å². The lowest BCUT2D eigenvalue weighted by atomic mass is 9.97. The molecule has 5 nitrogen and oxygen atoms in total. The van der Waals surface area contributed by atoms with Crippen LogP contribution in [0.3, 0.4) is 0 Å². The van der Waals surface area contributed by atoms with E-state index >= 15 is 0 Å². The van der Waals surface area contributed by atoms with Gasteiger partial charge in [-0.15, -0.1) is 0 Å². The maximum absolute atomic E-state index is 5.36. The number of nitrogens with zero attached hydrogens (tertiary/aromatic N) is 4. The predicted molar refractivity (Wildman–Crippen MR) is 86.9 cm³/mol. The Morgan fingerprint density at radius 2 is 1.73 bits per heavy atom. The number of rotatable bonds is 3. The van der Waals surface area contributed by atoms with Gasteiger partial charge in [0.2, 0.25) is 5.89 Å². The summed E-state index contributed by atoms with van der Waals surface area (Å²) >= 11 is 0. The monoisotopic (exact) mass is 300 g/mol. The normalized spacial score (nSPS) is 17.0. The van der Waals surface area contributed by atoms with Gasteiger partial charge in [-0.2, -0.15) is 4.98 Å². The fraction of sp³-hybridized carbons (Fsp3) is 0.529. The molecule has 0 atom stereocenters. The number of hydrogen-bond acceptors (Lipinski definition) is 5. The highest BCUT2D eigenvalue weighted by atomic mass is 16.5. The molecule has 3 rings (SSSR count). The second-order valence-electron chi connectivity index (χ2n) is 6.86. The van der Waals surface area contributed by atoms with Gasteiger partial charge < -0.3 is 9.42 Å². The molecular weight excluding hydrogens is 276 g/mol. The SMILES string of the molecule is CC(C)(C)c1nc(CN2CCN(c3ccccc3)CC2)no1. The minimum absolute atomic E-state index is 0.0861. The Bertz CT molecular complexity index is 595. The quantitative estimate of drug-likeness (QED) is 0.872. The summed E-state index contributed by atoms with van der Waals surface area (Å²) in [7, 11) is 0. The van der Waals surface area contributed by atoms with Crippen molar-refractivity contribution in [2.75, 3.05) is 31.1 Å². The van der Waals surface area contributed by atoms with Crippen molar-refractivity contribution in [1.29, 1.82) is 0 Å². The molecule has 1 saturated heterocycles. The van der Waals surface area contributed by atoms with Crippen molar-refractivity contribution in [2.45, 2.75) is 32.7 Å². The van der Waals surface area contributed by atoms with Crippen LogP contribution in [0, 0.1) is 0 Å². The van der Waals surface area contributed by atoms with Crippen LogP contribution in [0.2, 0.25) is 0 Å². The fourth-order valence-corrected chi connectivity index (χ4v) is 2.63. The summed E-state index contributed by atoms with van der Waals surface area (Å²) in [6.45, 7) is 11.1. The zero-order valence-corrected chi connectivity index (χ0v) is 13.6. The van der Waals surface area contributed by atoms with Gasteiger partial charge in [-0.25, -0.2) is 0 Å². The lowest BCUT2D eigenvalue weighted by Crippen LogP contribution is -2.46. The van der Waals surface area contributed by atoms with E-state index in [0.29, 0.717) is 5.89 Å². The second-order valence-corrected chi connectivity index (χ2v) is 6.86. The molecule has 0 radical (unpaired) electrons. The van der Waals surface area contributed by atoms with Crippen LogP contribution in [0.15, 0.2) is 34.9 Å². The Morgan fingerprint density at radius 3 is 2.32 bits per heavy atom. The molecule has 0 bridgehead atoms. The number of hydrogen-bond donors (Lipinski definition) is 0. The molecule has 0 N–H and O–H groups in total. The van der Waals surface area contributed by atoms with E-state index in [2.05, 4.69) is 71.0 Å². The highest BCUT2D eigenvalue weighted by molar-refractivity contribution is 5.46. The molecule has 1 aliphatic heterocycles. The lowest BCUT2D eigenvalue weighted by Gasteiger charge is -2.35. The molecule has 0 aliphatic carbocycles. The van der Waals surface area contributed by atoms with Crippen LogP contribution in [0.4, 0.5) is 5.69 Å². The van der Waals surface area contributed by atoms with E-state index < -0.39 is 0 Å². The van der Waals surface area contributed by atoms with E-state index in [9.17, 15) is 0 Å². The van der Waals surface area contributed by atoms with Crippen LogP contribution < -0.4 is 4.90 Å². The fourth-order valence-electron chi connectivity index (χ4n) is 2.63. The Kier molecular flexibility index (Phi) is 4.16. The average Bonchev–Trinajstić information content (AvgIpc) is 2.98. The summed E-state index contributed by atoms with van der Waals surface area (Å²) in [4.78, 5) is 9.33. The first-order valence-electron chi connectivity index (χ1n) is 7.88. The van der Waals surface area contributed by atoms with Crippen molar-refractivity contribution in [3.63, 3.8) is 0 Å². The van der Waals surface area contributed by atoms with Gasteiger partial charge in [0.05, 0.1) is 6.54 Å². The van der Waals surface area contributed by atoms with Gasteiger partial charge in [-0.05, 0) is 12.1 Å². The third-order valence-corrected chi connectivity index (χ3v) is 3.97. The first kappa shape index (κ1) is 15.0. The highest BCUT2D eigenvalue weighted by Gasteiger charge is 2.23. The van der Waals surface area contributed by atoms with Crippen LogP contribution in [0.25, 0.3) is 0 Å². The van der Waals surface area contributed by atoms with Gasteiger partial charge in [0.15, 0.2) is 5.82 Å². The molecule has 0 spiro atoms. The maximum Gasteiger partial charge on any atom is 0.232 e. The Labute approximate surface area is 131 Å². The van der Waals surface area contributed by atoms with Gasteiger partial charge in [0, 0.05) is 37.3 Å². The highest BCUT2D eigenvalue weighted by Crippen LogP contribution is 2.20. The zero-order valence-electron chi connectivity index (χ0n) is 13.6. The van der Waals surface area contributed by atoms with E-state index in [1.165, 1.54) is 5.69 Å². The molecule has 0 saturated carbocycles. The third-order valence-electron chi connectivity index (χ3n) is 3.97. The van der Waals surface area contributed by atoms with Gasteiger partial charge in [0.1, 0.15) is 0 Å². The minimum Gasteiger partial charge on any atom is -0.369 e. The maximum atomic E-state index is 5.36. The molecule has 0 unspecified atom stereocenters. The largest absolute Gasteiger partial charge is 0.369 e. The first-order valence-corrected chi connectivity index (χ1v) is 7.88. The molecule has 118 valence electrons. The number of benzene rings is 1. The summed E-state index contributed by atoms with van der Waals surface area (Å²) in [5, 5.41) is 4.11. The summed E-state index contributed by atoms with van der Waals surface area (Å²) in [6.07, 6.45) is 0. The number of anilines is 1. The molecule has 0 amide bonds. The minimum atomic E-state index is -0.0861. The molecule has 5 heteroatoms. The molecule has 2 heterocycles. The lowest BCUT2D eigenvalue weighted by molar-refractivity contribution is 0.239. The van der Waals surface area contributed by atoms with Crippen LogP contribution >= 0.6 is 0 Å². The molecule has 2 aromatic rings. The smallest absolute Gasteiger partial charge is 0.232 e. The van der Waals surface area contributed by atoms with E-state index in [4.69, 9.17) is 4.52 Å². The van der Waals surface area contributed by atoms with Crippen LogP contribution in [-0.4, -0.2) is 41.2 Å². The molecule has 1 aliphatic rings. The second kappa shape index (κ2) is 6.08. The summed E-state index contributed by atoms with van der Waals surface area (Å²) in [5.74, 6) is 1.50. The van der Waals surface area contributed by atoms with Crippen molar-refractivity contribution in [3.8, 4) is 0 Å². The summed E-state index contributed by atoms with van der Waals surface area (Å²) in [6, 6.07) is 10.6. The van der Waals surface area contributed by atoms with Crippen LogP contribution in [0.5, 0.6) is 0 Å². The van der Waals surface area contributed by atoms with Crippen molar-refractivity contribution < 1.29 is 4.52 Å². The zero-order chi connectivity index (χ0) is 15.6. The topological polar surface area (TPSA) is 45.4 Å². The molecular formula is C17H24N4O. The van der Waals surface area contributed by atoms with Gasteiger partial charge in [-0.3, -0.25) is 4.90 Å². The number of para-hydroxylation sites is 1. The van der Waals surface area contributed by atoms with E-state index in [-0.39, 0.29) is 5.41 Å². The average molecular weight is 300 g/mol. The summed E-state index contributed by atoms with van der Waals surface area (Å²) in [5.41, 5.74) is 1.22.